The van der Waals surface area contributed by atoms with Gasteiger partial charge < -0.3 is 9.84 Å². The first-order chi connectivity index (χ1) is 8.90. The average molecular weight is 288 g/mol. The molecule has 0 spiro atoms. The molecule has 1 aromatic carbocycles. The minimum absolute atomic E-state index is 0.0402. The summed E-state index contributed by atoms with van der Waals surface area (Å²) >= 11 is 0. The van der Waals surface area contributed by atoms with Crippen LogP contribution in [-0.2, 0) is 10.2 Å². The highest BCUT2D eigenvalue weighted by atomic mass is 32.2. The van der Waals surface area contributed by atoms with Crippen molar-refractivity contribution >= 4 is 15.9 Å². The van der Waals surface area contributed by atoms with Gasteiger partial charge in [0, 0.05) is 20.2 Å². The Morgan fingerprint density at radius 3 is 2.63 bits per heavy atom. The summed E-state index contributed by atoms with van der Waals surface area (Å²) < 4.78 is 32.7. The molecule has 19 heavy (non-hydrogen) atoms. The maximum absolute atomic E-state index is 12.0. The zero-order chi connectivity index (χ0) is 14.5. The first-order valence-corrected chi connectivity index (χ1v) is 7.34. The Hall–Kier alpha value is -1.31. The summed E-state index contributed by atoms with van der Waals surface area (Å²) in [6.45, 7) is 2.06. The zero-order valence-electron chi connectivity index (χ0n) is 11.4. The number of hydrogen-bond acceptors (Lipinski definition) is 4. The lowest BCUT2D eigenvalue weighted by molar-refractivity contribution is 0.276. The van der Waals surface area contributed by atoms with Crippen LogP contribution in [0, 0.1) is 6.92 Å². The molecule has 0 aliphatic carbocycles. The molecule has 0 bridgehead atoms. The quantitative estimate of drug-likeness (QED) is 0.784. The van der Waals surface area contributed by atoms with Gasteiger partial charge in [-0.05, 0) is 37.1 Å². The third-order valence-electron chi connectivity index (χ3n) is 2.68. The third-order valence-corrected chi connectivity index (χ3v) is 4.18. The highest BCUT2D eigenvalue weighted by Gasteiger charge is 2.17. The SMILES string of the molecule is COc1ccc(NS(=O)(=O)N(C)CCCO)cc1C. The normalized spacial score (nSPS) is 11.6. The Kier molecular flexibility index (Phi) is 5.59. The van der Waals surface area contributed by atoms with E-state index in [1.165, 1.54) is 11.4 Å². The van der Waals surface area contributed by atoms with Crippen molar-refractivity contribution in [2.24, 2.45) is 0 Å². The molecule has 0 heterocycles. The molecule has 7 heteroatoms. The maximum Gasteiger partial charge on any atom is 0.301 e. The van der Waals surface area contributed by atoms with Crippen molar-refractivity contribution in [3.8, 4) is 5.75 Å². The van der Waals surface area contributed by atoms with Gasteiger partial charge in [-0.3, -0.25) is 4.72 Å². The fourth-order valence-electron chi connectivity index (χ4n) is 1.58. The van der Waals surface area contributed by atoms with Gasteiger partial charge >= 0.3 is 10.2 Å². The van der Waals surface area contributed by atoms with Crippen LogP contribution in [0.4, 0.5) is 5.69 Å². The summed E-state index contributed by atoms with van der Waals surface area (Å²) in [5.74, 6) is 0.705. The van der Waals surface area contributed by atoms with Crippen molar-refractivity contribution in [3.63, 3.8) is 0 Å². The van der Waals surface area contributed by atoms with E-state index in [0.717, 1.165) is 5.56 Å². The van der Waals surface area contributed by atoms with Crippen molar-refractivity contribution in [2.45, 2.75) is 13.3 Å². The fourth-order valence-corrected chi connectivity index (χ4v) is 2.53. The van der Waals surface area contributed by atoms with Crippen LogP contribution in [-0.4, -0.2) is 45.1 Å². The Labute approximate surface area is 114 Å². The van der Waals surface area contributed by atoms with E-state index in [0.29, 0.717) is 17.9 Å². The maximum atomic E-state index is 12.0. The molecule has 0 amide bonds. The molecule has 0 aliphatic heterocycles. The molecule has 0 fully saturated rings. The molecule has 0 radical (unpaired) electrons. The van der Waals surface area contributed by atoms with Crippen LogP contribution in [0.1, 0.15) is 12.0 Å². The number of nitrogens with zero attached hydrogens (tertiary/aromatic N) is 1. The molecule has 0 aliphatic rings. The van der Waals surface area contributed by atoms with E-state index < -0.39 is 10.2 Å². The average Bonchev–Trinajstić information content (AvgIpc) is 2.35. The third kappa shape index (κ3) is 4.38. The van der Waals surface area contributed by atoms with Gasteiger partial charge in [-0.25, -0.2) is 0 Å². The number of methoxy groups -OCH3 is 1. The van der Waals surface area contributed by atoms with Crippen LogP contribution in [0.3, 0.4) is 0 Å². The number of hydrogen-bond donors (Lipinski definition) is 2. The van der Waals surface area contributed by atoms with Crippen LogP contribution in [0.15, 0.2) is 18.2 Å². The van der Waals surface area contributed by atoms with Gasteiger partial charge in [0.1, 0.15) is 5.75 Å². The van der Waals surface area contributed by atoms with Crippen molar-refractivity contribution < 1.29 is 18.3 Å². The molecular formula is C12H20N2O4S. The van der Waals surface area contributed by atoms with Crippen molar-refractivity contribution in [1.29, 1.82) is 0 Å². The summed E-state index contributed by atoms with van der Waals surface area (Å²) in [6.07, 6.45) is 0.402. The minimum atomic E-state index is -3.59. The van der Waals surface area contributed by atoms with Gasteiger partial charge in [0.05, 0.1) is 12.8 Å². The van der Waals surface area contributed by atoms with E-state index >= 15 is 0 Å². The molecule has 6 nitrogen and oxygen atoms in total. The number of benzene rings is 1. The lowest BCUT2D eigenvalue weighted by Gasteiger charge is -2.18. The molecule has 2 N–H and O–H groups in total. The second kappa shape index (κ2) is 6.74. The molecule has 108 valence electrons. The van der Waals surface area contributed by atoms with Crippen molar-refractivity contribution in [2.75, 3.05) is 32.0 Å². The van der Waals surface area contributed by atoms with Gasteiger partial charge in [0.15, 0.2) is 0 Å². The minimum Gasteiger partial charge on any atom is -0.496 e. The first kappa shape index (κ1) is 15.7. The Morgan fingerprint density at radius 1 is 1.42 bits per heavy atom. The fraction of sp³-hybridized carbons (Fsp3) is 0.500. The second-order valence-electron chi connectivity index (χ2n) is 4.19. The van der Waals surface area contributed by atoms with Crippen LogP contribution >= 0.6 is 0 Å². The lowest BCUT2D eigenvalue weighted by Crippen LogP contribution is -2.33. The van der Waals surface area contributed by atoms with Crippen LogP contribution < -0.4 is 9.46 Å². The second-order valence-corrected chi connectivity index (χ2v) is 5.97. The predicted molar refractivity (Wildman–Crippen MR) is 74.6 cm³/mol. The van der Waals surface area contributed by atoms with Gasteiger partial charge in [-0.1, -0.05) is 0 Å². The first-order valence-electron chi connectivity index (χ1n) is 5.90. The number of rotatable bonds is 7. The van der Waals surface area contributed by atoms with Crippen LogP contribution in [0.2, 0.25) is 0 Å². The molecule has 0 saturated carbocycles. The van der Waals surface area contributed by atoms with E-state index in [4.69, 9.17) is 9.84 Å². The van der Waals surface area contributed by atoms with Crippen molar-refractivity contribution in [3.05, 3.63) is 23.8 Å². The highest BCUT2D eigenvalue weighted by Crippen LogP contribution is 2.22. The molecule has 1 rings (SSSR count). The number of ether oxygens (including phenoxy) is 1. The number of nitrogens with one attached hydrogen (secondary N) is 1. The van der Waals surface area contributed by atoms with Crippen molar-refractivity contribution in [1.82, 2.24) is 4.31 Å². The standard InChI is InChI=1S/C12H20N2O4S/c1-10-9-11(5-6-12(10)18-3)13-19(16,17)14(2)7-4-8-15/h5-6,9,13,15H,4,7-8H2,1-3H3. The number of aryl methyl sites for hydroxylation is 1. The van der Waals surface area contributed by atoms with E-state index in [1.54, 1.807) is 25.3 Å². The van der Waals surface area contributed by atoms with E-state index in [-0.39, 0.29) is 13.2 Å². The molecule has 0 atom stereocenters. The summed E-state index contributed by atoms with van der Waals surface area (Å²) in [4.78, 5) is 0. The number of anilines is 1. The molecular weight excluding hydrogens is 268 g/mol. The Bertz CT molecular complexity index is 516. The largest absolute Gasteiger partial charge is 0.496 e. The van der Waals surface area contributed by atoms with Crippen LogP contribution in [0.5, 0.6) is 5.75 Å². The molecule has 0 saturated heterocycles. The number of aliphatic hydroxyl groups is 1. The monoisotopic (exact) mass is 288 g/mol. The number of aliphatic hydroxyl groups excluding tert-OH is 1. The summed E-state index contributed by atoms with van der Waals surface area (Å²) in [7, 11) is -0.560. The van der Waals surface area contributed by atoms with Gasteiger partial charge in [0.2, 0.25) is 0 Å². The van der Waals surface area contributed by atoms with E-state index in [9.17, 15) is 8.42 Å². The summed E-state index contributed by atoms with van der Waals surface area (Å²) in [6, 6.07) is 5.06. The molecule has 0 unspecified atom stereocenters. The molecule has 1 aromatic rings. The van der Waals surface area contributed by atoms with Gasteiger partial charge in [-0.15, -0.1) is 0 Å². The Morgan fingerprint density at radius 2 is 2.11 bits per heavy atom. The summed E-state index contributed by atoms with van der Waals surface area (Å²) in [5, 5.41) is 8.71. The predicted octanol–water partition coefficient (Wildman–Crippen LogP) is 0.975. The van der Waals surface area contributed by atoms with Crippen LogP contribution in [0.25, 0.3) is 0 Å². The lowest BCUT2D eigenvalue weighted by atomic mass is 10.2. The van der Waals surface area contributed by atoms with E-state index in [1.807, 2.05) is 6.92 Å². The summed E-state index contributed by atoms with van der Waals surface area (Å²) in [5.41, 5.74) is 1.33. The van der Waals surface area contributed by atoms with E-state index in [2.05, 4.69) is 4.72 Å². The Balaban J connectivity index is 2.80. The smallest absolute Gasteiger partial charge is 0.301 e. The zero-order valence-corrected chi connectivity index (χ0v) is 12.2. The van der Waals surface area contributed by atoms with Gasteiger partial charge in [0.25, 0.3) is 0 Å². The topological polar surface area (TPSA) is 78.9 Å². The highest BCUT2D eigenvalue weighted by molar-refractivity contribution is 7.90. The van der Waals surface area contributed by atoms with Gasteiger partial charge in [-0.2, -0.15) is 12.7 Å². The molecule has 0 aromatic heterocycles.